The molecule has 0 fully saturated rings. The lowest BCUT2D eigenvalue weighted by Gasteiger charge is -2.29. The minimum Gasteiger partial charge on any atom is -0.310 e. The second-order valence-electron chi connectivity index (χ2n) is 9.58. The summed E-state index contributed by atoms with van der Waals surface area (Å²) in [6, 6.07) is -38.1. The third-order valence-electron chi connectivity index (χ3n) is 6.76. The molecular formula is C48H35N. The van der Waals surface area contributed by atoms with Crippen LogP contribution in [0.3, 0.4) is 0 Å². The highest BCUT2D eigenvalue weighted by Crippen LogP contribution is 2.45. The molecule has 0 heterocycles. The van der Waals surface area contributed by atoms with Gasteiger partial charge in [-0.3, -0.25) is 0 Å². The Balaban J connectivity index is 1.68. The maximum absolute atomic E-state index is 9.67. The van der Waals surface area contributed by atoms with E-state index in [0.717, 1.165) is 0 Å². The standard InChI is InChI=1S/C48H35N/c1-4-16-36(17-5-1)38-28-32-41(33-29-38)49(42-34-30-39(31-35-42)37-18-6-2-7-19-37)48-27-15-14-26-47(48)46-25-13-12-24-45(46)44-23-11-10-22-43(44)40-20-8-3-9-21-40/h1-35H/i1D,2D,3D,4D,5D,6D,7D,8D,9D,10D,11D,12D,13D,14D,15D,16D,17D,18D,19D,20D,21D,22D,24D,25D,26D,27D,28D,29D,30D,31D,32D,33D,34D,35D. The normalized spacial score (nSPS) is 20.6. The van der Waals surface area contributed by atoms with Crippen LogP contribution in [0.1, 0.15) is 46.6 Å². The Morgan fingerprint density at radius 1 is 0.265 bits per heavy atom. The van der Waals surface area contributed by atoms with E-state index in [4.69, 9.17) is 30.2 Å². The van der Waals surface area contributed by atoms with E-state index in [2.05, 4.69) is 0 Å². The summed E-state index contributed by atoms with van der Waals surface area (Å²) in [5.41, 5.74) is -13.6. The van der Waals surface area contributed by atoms with Crippen LogP contribution >= 0.6 is 0 Å². The van der Waals surface area contributed by atoms with E-state index in [0.29, 0.717) is 6.07 Å². The van der Waals surface area contributed by atoms with Gasteiger partial charge in [-0.2, -0.15) is 0 Å². The average molecular weight is 660 g/mol. The summed E-state index contributed by atoms with van der Waals surface area (Å²) in [7, 11) is 0. The lowest BCUT2D eigenvalue weighted by Crippen LogP contribution is -2.11. The van der Waals surface area contributed by atoms with E-state index < -0.39 is 278 Å². The number of rotatable bonds is 8. The van der Waals surface area contributed by atoms with Crippen LogP contribution in [0.15, 0.2) is 212 Å². The van der Waals surface area contributed by atoms with E-state index in [1.807, 2.05) is 0 Å². The molecule has 8 rings (SSSR count). The van der Waals surface area contributed by atoms with E-state index in [9.17, 15) is 16.4 Å². The second kappa shape index (κ2) is 13.7. The summed E-state index contributed by atoms with van der Waals surface area (Å²) in [5.74, 6) is 0. The Morgan fingerprint density at radius 2 is 0.633 bits per heavy atom. The molecule has 0 aliphatic carbocycles. The van der Waals surface area contributed by atoms with Gasteiger partial charge in [0.25, 0.3) is 0 Å². The van der Waals surface area contributed by atoms with Crippen molar-refractivity contribution in [3.05, 3.63) is 212 Å². The Labute approximate surface area is 336 Å². The van der Waals surface area contributed by atoms with Crippen molar-refractivity contribution in [2.45, 2.75) is 0 Å². The highest BCUT2D eigenvalue weighted by Gasteiger charge is 2.20. The van der Waals surface area contributed by atoms with Gasteiger partial charge in [-0.1, -0.05) is 181 Å². The van der Waals surface area contributed by atoms with Crippen molar-refractivity contribution in [1.29, 1.82) is 0 Å². The maximum Gasteiger partial charge on any atom is 0.0645 e. The van der Waals surface area contributed by atoms with Crippen molar-refractivity contribution in [3.63, 3.8) is 0 Å². The van der Waals surface area contributed by atoms with Gasteiger partial charge in [0, 0.05) is 16.9 Å². The number of anilines is 3. The summed E-state index contributed by atoms with van der Waals surface area (Å²) in [6.07, 6.45) is 0. The first-order chi connectivity index (χ1) is 38.4. The topological polar surface area (TPSA) is 3.24 Å². The van der Waals surface area contributed by atoms with Gasteiger partial charge in [0.2, 0.25) is 0 Å². The highest BCUT2D eigenvalue weighted by molar-refractivity contribution is 5.97. The number of hydrogen-bond acceptors (Lipinski definition) is 1. The van der Waals surface area contributed by atoms with Crippen molar-refractivity contribution in [2.24, 2.45) is 0 Å². The Hall–Kier alpha value is -6.44. The van der Waals surface area contributed by atoms with Crippen LogP contribution < -0.4 is 4.90 Å². The fourth-order valence-electron chi connectivity index (χ4n) is 4.64. The van der Waals surface area contributed by atoms with Crippen LogP contribution in [0.4, 0.5) is 17.1 Å². The van der Waals surface area contributed by atoms with Gasteiger partial charge < -0.3 is 4.90 Å². The summed E-state index contributed by atoms with van der Waals surface area (Å²) < 4.78 is 304. The molecule has 8 aromatic carbocycles. The van der Waals surface area contributed by atoms with Crippen molar-refractivity contribution >= 4 is 17.1 Å². The van der Waals surface area contributed by atoms with Gasteiger partial charge in [-0.25, -0.2) is 0 Å². The molecule has 0 saturated carbocycles. The molecule has 0 atom stereocenters. The zero-order valence-electron chi connectivity index (χ0n) is 58.5. The van der Waals surface area contributed by atoms with Crippen molar-refractivity contribution in [3.8, 4) is 55.6 Å². The summed E-state index contributed by atoms with van der Waals surface area (Å²) in [4.78, 5) is 0.215. The largest absolute Gasteiger partial charge is 0.310 e. The maximum atomic E-state index is 9.67. The van der Waals surface area contributed by atoms with Crippen molar-refractivity contribution in [1.82, 2.24) is 0 Å². The van der Waals surface area contributed by atoms with Crippen molar-refractivity contribution < 1.29 is 46.6 Å². The molecule has 1 heteroatoms. The smallest absolute Gasteiger partial charge is 0.0645 e. The fraction of sp³-hybridized carbons (Fsp3) is 0. The van der Waals surface area contributed by atoms with E-state index in [1.54, 1.807) is 0 Å². The molecule has 0 amide bonds. The van der Waals surface area contributed by atoms with Crippen LogP contribution in [0.5, 0.6) is 0 Å². The molecule has 49 heavy (non-hydrogen) atoms. The quantitative estimate of drug-likeness (QED) is 0.157. The molecule has 0 N–H and O–H groups in total. The summed E-state index contributed by atoms with van der Waals surface area (Å²) in [5, 5.41) is 0. The molecule has 1 nitrogen and oxygen atoms in total. The zero-order chi connectivity index (χ0) is 62.4. The van der Waals surface area contributed by atoms with Gasteiger partial charge >= 0.3 is 0 Å². The third-order valence-corrected chi connectivity index (χ3v) is 6.76. The predicted octanol–water partition coefficient (Wildman–Crippen LogP) is 13.5. The van der Waals surface area contributed by atoms with E-state index in [1.165, 1.54) is 0 Å². The lowest BCUT2D eigenvalue weighted by atomic mass is 9.88. The minimum atomic E-state index is -1.40. The van der Waals surface area contributed by atoms with Gasteiger partial charge in [-0.05, 0) is 80.3 Å². The summed E-state index contributed by atoms with van der Waals surface area (Å²) >= 11 is 0. The van der Waals surface area contributed by atoms with Crippen LogP contribution in [0.25, 0.3) is 55.6 Å². The van der Waals surface area contributed by atoms with E-state index in [-0.39, 0.29) is 4.90 Å². The molecule has 0 radical (unpaired) electrons. The van der Waals surface area contributed by atoms with Gasteiger partial charge in [0.05, 0.1) is 52.3 Å². The van der Waals surface area contributed by atoms with Crippen LogP contribution in [-0.2, 0) is 0 Å². The minimum absolute atomic E-state index is 0.215. The van der Waals surface area contributed by atoms with Gasteiger partial charge in [0.15, 0.2) is 0 Å². The Morgan fingerprint density at radius 3 is 1.16 bits per heavy atom. The van der Waals surface area contributed by atoms with Gasteiger partial charge in [0.1, 0.15) is 0 Å². The van der Waals surface area contributed by atoms with Gasteiger partial charge in [-0.15, -0.1) is 0 Å². The molecule has 0 aromatic heterocycles. The fourth-order valence-corrected chi connectivity index (χ4v) is 4.64. The molecular weight excluding hydrogens is 591 g/mol. The molecule has 0 spiro atoms. The first-order valence-electron chi connectivity index (χ1n) is 31.0. The molecule has 8 aromatic rings. The van der Waals surface area contributed by atoms with Crippen molar-refractivity contribution in [2.75, 3.05) is 4.90 Å². The molecule has 0 aliphatic heterocycles. The SMILES string of the molecule is [2H]c1cc(-c2c([2H])c([2H])c([2H])c([2H])c2-c2c([2H])c([2H])c([2H])c([2H])c2N(c2c([2H])c([2H])c(-c3c([2H])c([2H])c([2H])c([2H])c3[2H])c([2H])c2[2H])c2c([2H])c([2H])c(-c3c([2H])c([2H])c([2H])c([2H])c3[2H])c([2H])c2[2H])c(-c2c([2H])c([2H])c([2H])c([2H])c2[2H])c([2H])c1[2H]. The highest BCUT2D eigenvalue weighted by atomic mass is 15.1. The molecule has 232 valence electrons. The lowest BCUT2D eigenvalue weighted by molar-refractivity contribution is 1.28. The molecule has 0 aliphatic rings. The van der Waals surface area contributed by atoms with Crippen LogP contribution in [0.2, 0.25) is 0 Å². The molecule has 0 saturated heterocycles. The number of nitrogens with zero attached hydrogens (tertiary/aromatic N) is 1. The number of benzene rings is 8. The molecule has 0 unspecified atom stereocenters. The number of para-hydroxylation sites is 1. The molecule has 0 bridgehead atoms. The monoisotopic (exact) mass is 659 g/mol. The Kier molecular flexibility index (Phi) is 2.95. The van der Waals surface area contributed by atoms with Crippen LogP contribution in [-0.4, -0.2) is 0 Å². The summed E-state index contributed by atoms with van der Waals surface area (Å²) in [6.45, 7) is 0. The predicted molar refractivity (Wildman–Crippen MR) is 208 cm³/mol. The first-order valence-corrected chi connectivity index (χ1v) is 14.0. The van der Waals surface area contributed by atoms with Crippen LogP contribution in [0, 0.1) is 0 Å². The first kappa shape index (κ1) is 10.5. The third kappa shape index (κ3) is 6.18. The van der Waals surface area contributed by atoms with E-state index >= 15 is 0 Å². The Bertz CT molecular complexity index is 3980. The average Bonchev–Trinajstić information content (AvgIpc) is 3.37. The second-order valence-corrected chi connectivity index (χ2v) is 9.58. The number of hydrogen-bond donors (Lipinski definition) is 0. The zero-order valence-corrected chi connectivity index (χ0v) is 24.5.